The number of fused-ring (bicyclic) bond motifs is 1. The highest BCUT2D eigenvalue weighted by Crippen LogP contribution is 2.29. The Morgan fingerprint density at radius 1 is 1.33 bits per heavy atom. The van der Waals surface area contributed by atoms with E-state index >= 15 is 0 Å². The van der Waals surface area contributed by atoms with Crippen LogP contribution in [0.1, 0.15) is 29.4 Å². The normalized spacial score (nSPS) is 21.2. The van der Waals surface area contributed by atoms with Crippen molar-refractivity contribution in [1.29, 1.82) is 0 Å². The van der Waals surface area contributed by atoms with E-state index in [1.165, 1.54) is 5.56 Å². The minimum atomic E-state index is 0.189. The molecule has 1 aromatic rings. The fourth-order valence-corrected chi connectivity index (χ4v) is 3.54. The topological polar surface area (TPSA) is 64.6 Å². The first-order valence-electron chi connectivity index (χ1n) is 8.66. The maximum Gasteiger partial charge on any atom is 0.236 e. The van der Waals surface area contributed by atoms with Crippen molar-refractivity contribution in [3.8, 4) is 0 Å². The zero-order chi connectivity index (χ0) is 17.3. The van der Waals surface area contributed by atoms with Gasteiger partial charge < -0.3 is 20.0 Å². The van der Waals surface area contributed by atoms with Gasteiger partial charge in [-0.3, -0.25) is 4.79 Å². The molecule has 7 nitrogen and oxygen atoms in total. The Morgan fingerprint density at radius 3 is 2.83 bits per heavy atom. The van der Waals surface area contributed by atoms with E-state index in [0.717, 1.165) is 56.4 Å². The van der Waals surface area contributed by atoms with Crippen LogP contribution in [0.2, 0.25) is 0 Å². The second kappa shape index (κ2) is 7.03. The van der Waals surface area contributed by atoms with E-state index in [1.54, 1.807) is 0 Å². The number of carbonyl (C=O) groups excluding carboxylic acids is 1. The Balaban J connectivity index is 1.78. The zero-order valence-electron chi connectivity index (χ0n) is 15.2. The molecule has 1 atom stereocenters. The molecule has 0 bridgehead atoms. The number of rotatable bonds is 4. The summed E-state index contributed by atoms with van der Waals surface area (Å²) in [6, 6.07) is 0. The summed E-state index contributed by atoms with van der Waals surface area (Å²) in [5, 5.41) is 3.24. The van der Waals surface area contributed by atoms with Gasteiger partial charge in [-0.15, -0.1) is 0 Å². The van der Waals surface area contributed by atoms with E-state index in [2.05, 4.69) is 17.3 Å². The lowest BCUT2D eigenvalue weighted by Gasteiger charge is -2.26. The highest BCUT2D eigenvalue weighted by Gasteiger charge is 2.31. The second-order valence-electron chi connectivity index (χ2n) is 7.16. The minimum absolute atomic E-state index is 0.189. The van der Waals surface area contributed by atoms with Gasteiger partial charge in [0.2, 0.25) is 5.91 Å². The molecule has 0 saturated carbocycles. The van der Waals surface area contributed by atoms with Gasteiger partial charge in [0.1, 0.15) is 11.6 Å². The Labute approximate surface area is 144 Å². The van der Waals surface area contributed by atoms with Crippen molar-refractivity contribution < 1.29 is 4.79 Å². The first kappa shape index (κ1) is 17.1. The van der Waals surface area contributed by atoms with Crippen LogP contribution >= 0.6 is 0 Å². The molecule has 0 radical (unpaired) electrons. The van der Waals surface area contributed by atoms with Gasteiger partial charge in [-0.25, -0.2) is 9.97 Å². The maximum atomic E-state index is 12.3. The van der Waals surface area contributed by atoms with Gasteiger partial charge >= 0.3 is 0 Å². The van der Waals surface area contributed by atoms with Crippen LogP contribution in [0.25, 0.3) is 0 Å². The zero-order valence-corrected chi connectivity index (χ0v) is 15.2. The summed E-state index contributed by atoms with van der Waals surface area (Å²) in [4.78, 5) is 28.1. The van der Waals surface area contributed by atoms with Crippen LogP contribution in [-0.4, -0.2) is 84.9 Å². The van der Waals surface area contributed by atoms with Gasteiger partial charge in [0, 0.05) is 44.7 Å². The molecule has 3 rings (SSSR count). The fourth-order valence-electron chi connectivity index (χ4n) is 3.54. The maximum absolute atomic E-state index is 12.3. The third-order valence-corrected chi connectivity index (χ3v) is 4.87. The van der Waals surface area contributed by atoms with Gasteiger partial charge in [0.25, 0.3) is 0 Å². The Kier molecular flexibility index (Phi) is 5.01. The summed E-state index contributed by atoms with van der Waals surface area (Å²) >= 11 is 0. The van der Waals surface area contributed by atoms with Crippen LogP contribution in [0.4, 0.5) is 5.82 Å². The Bertz CT molecular complexity index is 617. The lowest BCUT2D eigenvalue weighted by atomic mass is 10.0. The third-order valence-electron chi connectivity index (χ3n) is 4.87. The predicted molar refractivity (Wildman–Crippen MR) is 94.1 cm³/mol. The Hall–Kier alpha value is -1.73. The molecule has 1 amide bonds. The van der Waals surface area contributed by atoms with Gasteiger partial charge in [0.05, 0.1) is 12.2 Å². The molecule has 1 saturated heterocycles. The number of anilines is 1. The number of carbonyl (C=O) groups is 1. The molecule has 0 aliphatic carbocycles. The van der Waals surface area contributed by atoms with Crippen molar-refractivity contribution in [3.63, 3.8) is 0 Å². The second-order valence-corrected chi connectivity index (χ2v) is 7.16. The number of aromatic nitrogens is 2. The molecular weight excluding hydrogens is 304 g/mol. The third kappa shape index (κ3) is 3.52. The minimum Gasteiger partial charge on any atom is -0.373 e. The average Bonchev–Trinajstić information content (AvgIpc) is 3.03. The number of nitrogens with one attached hydrogen (secondary N) is 1. The molecule has 7 heteroatoms. The van der Waals surface area contributed by atoms with E-state index in [1.807, 2.05) is 30.9 Å². The highest BCUT2D eigenvalue weighted by molar-refractivity contribution is 5.78. The van der Waals surface area contributed by atoms with Crippen LogP contribution in [0.15, 0.2) is 0 Å². The van der Waals surface area contributed by atoms with Crippen molar-refractivity contribution in [2.24, 2.45) is 0 Å². The molecule has 0 unspecified atom stereocenters. The molecule has 3 heterocycles. The first-order chi connectivity index (χ1) is 11.5. The number of nitrogens with zero attached hydrogens (tertiary/aromatic N) is 5. The quantitative estimate of drug-likeness (QED) is 0.860. The van der Waals surface area contributed by atoms with Crippen LogP contribution in [0.3, 0.4) is 0 Å². The summed E-state index contributed by atoms with van der Waals surface area (Å²) < 4.78 is 0. The number of likely N-dealkylation sites (N-methyl/N-ethyl adjacent to an activating group) is 2. The predicted octanol–water partition coefficient (Wildman–Crippen LogP) is 0.384. The summed E-state index contributed by atoms with van der Waals surface area (Å²) in [6.07, 6.45) is 1.93. The van der Waals surface area contributed by atoms with Gasteiger partial charge in [-0.2, -0.15) is 0 Å². The molecule has 0 spiro atoms. The van der Waals surface area contributed by atoms with E-state index in [-0.39, 0.29) is 11.8 Å². The molecule has 1 N–H and O–H groups in total. The molecule has 2 aliphatic rings. The van der Waals surface area contributed by atoms with Crippen molar-refractivity contribution in [2.45, 2.75) is 25.3 Å². The molecule has 1 aromatic heterocycles. The summed E-state index contributed by atoms with van der Waals surface area (Å²) in [5.74, 6) is 2.27. The highest BCUT2D eigenvalue weighted by atomic mass is 16.2. The van der Waals surface area contributed by atoms with Crippen molar-refractivity contribution >= 4 is 11.7 Å². The molecule has 1 fully saturated rings. The number of likely N-dealkylation sites (tertiary alicyclic amines) is 1. The van der Waals surface area contributed by atoms with Gasteiger partial charge in [-0.05, 0) is 34.0 Å². The summed E-state index contributed by atoms with van der Waals surface area (Å²) in [5.41, 5.74) is 2.38. The van der Waals surface area contributed by atoms with Crippen LogP contribution in [0, 0.1) is 0 Å². The van der Waals surface area contributed by atoms with E-state index in [0.29, 0.717) is 6.54 Å². The van der Waals surface area contributed by atoms with Gasteiger partial charge in [-0.1, -0.05) is 0 Å². The SMILES string of the molecule is CNc1nc([C@H]2CCN(C(=O)CN(C)C)C2)nc2c1CCN(C)C2. The molecule has 24 heavy (non-hydrogen) atoms. The van der Waals surface area contributed by atoms with Crippen molar-refractivity contribution in [3.05, 3.63) is 17.1 Å². The van der Waals surface area contributed by atoms with Gasteiger partial charge in [0.15, 0.2) is 0 Å². The van der Waals surface area contributed by atoms with E-state index in [9.17, 15) is 4.79 Å². The standard InChI is InChI=1S/C17H28N6O/c1-18-17-13-6-7-22(4)10-14(13)19-16(20-17)12-5-8-23(9-12)15(24)11-21(2)3/h12H,5-11H2,1-4H3,(H,18,19,20)/t12-/m0/s1. The monoisotopic (exact) mass is 332 g/mol. The molecule has 0 aromatic carbocycles. The molecule has 2 aliphatic heterocycles. The average molecular weight is 332 g/mol. The fraction of sp³-hybridized carbons (Fsp3) is 0.706. The molecule has 132 valence electrons. The summed E-state index contributed by atoms with van der Waals surface area (Å²) in [6.45, 7) is 3.90. The number of hydrogen-bond donors (Lipinski definition) is 1. The number of amides is 1. The van der Waals surface area contributed by atoms with E-state index < -0.39 is 0 Å². The largest absolute Gasteiger partial charge is 0.373 e. The van der Waals surface area contributed by atoms with Crippen LogP contribution in [0.5, 0.6) is 0 Å². The Morgan fingerprint density at radius 2 is 2.12 bits per heavy atom. The van der Waals surface area contributed by atoms with E-state index in [4.69, 9.17) is 9.97 Å². The molecular formula is C17H28N6O. The lowest BCUT2D eigenvalue weighted by molar-refractivity contribution is -0.130. The summed E-state index contributed by atoms with van der Waals surface area (Å²) in [7, 11) is 7.90. The van der Waals surface area contributed by atoms with Crippen LogP contribution < -0.4 is 5.32 Å². The number of hydrogen-bond acceptors (Lipinski definition) is 6. The van der Waals surface area contributed by atoms with Crippen molar-refractivity contribution in [1.82, 2.24) is 24.7 Å². The first-order valence-corrected chi connectivity index (χ1v) is 8.66. The van der Waals surface area contributed by atoms with Crippen LogP contribution in [-0.2, 0) is 17.8 Å². The van der Waals surface area contributed by atoms with Crippen molar-refractivity contribution in [2.75, 3.05) is 59.7 Å². The smallest absolute Gasteiger partial charge is 0.236 e. The lowest BCUT2D eigenvalue weighted by Crippen LogP contribution is -2.36.